The smallest absolute Gasteiger partial charge is 0.234 e. The fraction of sp³-hybridized carbons (Fsp3) is 0.222. The van der Waals surface area contributed by atoms with Crippen LogP contribution in [-0.2, 0) is 4.79 Å². The molecule has 0 amide bonds. The van der Waals surface area contributed by atoms with Crippen molar-refractivity contribution in [2.45, 2.75) is 6.92 Å². The summed E-state index contributed by atoms with van der Waals surface area (Å²) in [6.07, 6.45) is 1.78. The predicted octanol–water partition coefficient (Wildman–Crippen LogP) is 1.38. The molecule has 1 aromatic carbocycles. The molecule has 0 aromatic heterocycles. The van der Waals surface area contributed by atoms with Crippen molar-refractivity contribution in [1.82, 2.24) is 0 Å². The summed E-state index contributed by atoms with van der Waals surface area (Å²) >= 11 is 0. The Hall–Kier alpha value is -1.31. The van der Waals surface area contributed by atoms with E-state index in [1.165, 1.54) is 0 Å². The number of nitrogens with one attached hydrogen (secondary N) is 1. The van der Waals surface area contributed by atoms with Gasteiger partial charge in [-0.25, -0.2) is 0 Å². The molecule has 1 aromatic rings. The molecule has 0 atom stereocenters. The van der Waals surface area contributed by atoms with Crippen LogP contribution >= 0.6 is 0 Å². The van der Waals surface area contributed by atoms with Gasteiger partial charge in [0.1, 0.15) is 0 Å². The highest BCUT2D eigenvalue weighted by Gasteiger charge is 1.92. The van der Waals surface area contributed by atoms with Crippen LogP contribution in [0.4, 0.5) is 5.69 Å². The lowest BCUT2D eigenvalue weighted by molar-refractivity contribution is 0.562. The molecule has 0 aliphatic carbocycles. The van der Waals surface area contributed by atoms with Crippen molar-refractivity contribution in [2.75, 3.05) is 11.9 Å². The molecule has 0 spiro atoms. The highest BCUT2D eigenvalue weighted by atomic mass is 16.1. The quantitative estimate of drug-likeness (QED) is 0.699. The standard InChI is InChI=1S/C9H9NO/c1-2-10-9-5-3-4-8(6-9)7-11/h3,5-6,10H,2H2,1H3. The summed E-state index contributed by atoms with van der Waals surface area (Å²) in [6.45, 7) is 2.85. The molecular weight excluding hydrogens is 138 g/mol. The zero-order valence-electron chi connectivity index (χ0n) is 6.35. The zero-order valence-corrected chi connectivity index (χ0v) is 6.35. The van der Waals surface area contributed by atoms with Crippen molar-refractivity contribution in [1.29, 1.82) is 0 Å². The van der Waals surface area contributed by atoms with Crippen molar-refractivity contribution in [3.05, 3.63) is 29.8 Å². The Labute approximate surface area is 66.2 Å². The van der Waals surface area contributed by atoms with Gasteiger partial charge in [0.15, 0.2) is 0 Å². The number of hydrogen-bond acceptors (Lipinski definition) is 2. The van der Waals surface area contributed by atoms with Gasteiger partial charge >= 0.3 is 0 Å². The Balaban J connectivity index is 2.82. The molecule has 0 bridgehead atoms. The minimum atomic E-state index is 0.462. The third-order valence-corrected chi connectivity index (χ3v) is 1.29. The lowest BCUT2D eigenvalue weighted by Gasteiger charge is -2.01. The van der Waals surface area contributed by atoms with E-state index in [9.17, 15) is 4.79 Å². The number of hydrogen-bond donors (Lipinski definition) is 1. The van der Waals surface area contributed by atoms with Gasteiger partial charge in [0.2, 0.25) is 6.29 Å². The van der Waals surface area contributed by atoms with Crippen molar-refractivity contribution in [3.8, 4) is 0 Å². The summed E-state index contributed by atoms with van der Waals surface area (Å²) in [4.78, 5) is 10.2. The Bertz CT molecular complexity index is 245. The van der Waals surface area contributed by atoms with Gasteiger partial charge < -0.3 is 5.32 Å². The van der Waals surface area contributed by atoms with Crippen molar-refractivity contribution in [3.63, 3.8) is 0 Å². The fourth-order valence-corrected chi connectivity index (χ4v) is 0.840. The third kappa shape index (κ3) is 2.08. The third-order valence-electron chi connectivity index (χ3n) is 1.29. The summed E-state index contributed by atoms with van der Waals surface area (Å²) < 4.78 is 0. The van der Waals surface area contributed by atoms with Crippen LogP contribution in [0.2, 0.25) is 0 Å². The Kier molecular flexibility index (Phi) is 2.66. The average Bonchev–Trinajstić information content (AvgIpc) is 2.06. The summed E-state index contributed by atoms with van der Waals surface area (Å²) in [5, 5.41) is 3.08. The van der Waals surface area contributed by atoms with Gasteiger partial charge in [0.05, 0.1) is 0 Å². The molecule has 0 saturated heterocycles. The van der Waals surface area contributed by atoms with Gasteiger partial charge in [-0.3, -0.25) is 4.79 Å². The van der Waals surface area contributed by atoms with Gasteiger partial charge in [0.25, 0.3) is 0 Å². The van der Waals surface area contributed by atoms with Crippen molar-refractivity contribution < 1.29 is 4.79 Å². The maximum absolute atomic E-state index is 10.2. The Morgan fingerprint density at radius 3 is 3.18 bits per heavy atom. The topological polar surface area (TPSA) is 29.1 Å². The molecule has 2 nitrogen and oxygen atoms in total. The second-order valence-corrected chi connectivity index (χ2v) is 2.12. The van der Waals surface area contributed by atoms with Crippen LogP contribution < -0.4 is 5.32 Å². The van der Waals surface area contributed by atoms with E-state index in [2.05, 4.69) is 11.4 Å². The van der Waals surface area contributed by atoms with Gasteiger partial charge in [-0.2, -0.15) is 0 Å². The van der Waals surface area contributed by atoms with Gasteiger partial charge in [-0.1, -0.05) is 6.07 Å². The van der Waals surface area contributed by atoms with E-state index in [4.69, 9.17) is 0 Å². The highest BCUT2D eigenvalue weighted by Crippen LogP contribution is 2.07. The first-order chi connectivity index (χ1) is 5.36. The van der Waals surface area contributed by atoms with Gasteiger partial charge in [-0.05, 0) is 25.1 Å². The van der Waals surface area contributed by atoms with E-state index in [1.807, 2.05) is 13.0 Å². The van der Waals surface area contributed by atoms with E-state index in [-0.39, 0.29) is 0 Å². The van der Waals surface area contributed by atoms with Crippen LogP contribution in [0.3, 0.4) is 0 Å². The summed E-state index contributed by atoms with van der Waals surface area (Å²) in [5.41, 5.74) is 1.40. The van der Waals surface area contributed by atoms with Crippen molar-refractivity contribution in [2.24, 2.45) is 0 Å². The minimum Gasteiger partial charge on any atom is -0.385 e. The first-order valence-electron chi connectivity index (χ1n) is 3.50. The number of rotatable bonds is 3. The van der Waals surface area contributed by atoms with Gasteiger partial charge in [-0.15, -0.1) is 0 Å². The average molecular weight is 147 g/mol. The van der Waals surface area contributed by atoms with E-state index in [0.29, 0.717) is 5.56 Å². The largest absolute Gasteiger partial charge is 0.385 e. The van der Waals surface area contributed by atoms with E-state index in [0.717, 1.165) is 12.2 Å². The molecular formula is C9H9NO. The van der Waals surface area contributed by atoms with Gasteiger partial charge in [0, 0.05) is 17.8 Å². The second kappa shape index (κ2) is 3.76. The van der Waals surface area contributed by atoms with E-state index >= 15 is 0 Å². The maximum Gasteiger partial charge on any atom is 0.234 e. The SMILES string of the molecule is CCNc1cc[c]c([C]=O)c1. The molecule has 0 heterocycles. The molecule has 1 N–H and O–H groups in total. The van der Waals surface area contributed by atoms with Crippen LogP contribution in [0.1, 0.15) is 12.5 Å². The predicted molar refractivity (Wildman–Crippen MR) is 44.2 cm³/mol. The Morgan fingerprint density at radius 1 is 1.73 bits per heavy atom. The molecule has 56 valence electrons. The molecule has 0 aliphatic heterocycles. The number of carbonyl (C=O) groups excluding carboxylic acids is 1. The van der Waals surface area contributed by atoms with E-state index < -0.39 is 0 Å². The molecule has 2 radical (unpaired) electrons. The summed E-state index contributed by atoms with van der Waals surface area (Å²) in [5.74, 6) is 0. The maximum atomic E-state index is 10.2. The molecule has 11 heavy (non-hydrogen) atoms. The summed E-state index contributed by atoms with van der Waals surface area (Å²) in [7, 11) is 0. The van der Waals surface area contributed by atoms with Crippen LogP contribution in [0.25, 0.3) is 0 Å². The normalized spacial score (nSPS) is 9.18. The molecule has 2 heteroatoms. The lowest BCUT2D eigenvalue weighted by atomic mass is 10.2. The Morgan fingerprint density at radius 2 is 2.55 bits per heavy atom. The number of benzene rings is 1. The zero-order chi connectivity index (χ0) is 8.10. The first-order valence-corrected chi connectivity index (χ1v) is 3.50. The fourth-order valence-electron chi connectivity index (χ4n) is 0.840. The molecule has 0 unspecified atom stereocenters. The molecule has 0 fully saturated rings. The van der Waals surface area contributed by atoms with E-state index in [1.54, 1.807) is 18.4 Å². The highest BCUT2D eigenvalue weighted by molar-refractivity contribution is 5.76. The van der Waals surface area contributed by atoms with Crippen LogP contribution in [0, 0.1) is 6.07 Å². The first kappa shape index (κ1) is 7.79. The number of anilines is 1. The minimum absolute atomic E-state index is 0.462. The second-order valence-electron chi connectivity index (χ2n) is 2.12. The molecule has 1 rings (SSSR count). The van der Waals surface area contributed by atoms with Crippen LogP contribution in [-0.4, -0.2) is 12.8 Å². The van der Waals surface area contributed by atoms with Crippen LogP contribution in [0.5, 0.6) is 0 Å². The monoisotopic (exact) mass is 147 g/mol. The molecule has 0 aliphatic rings. The molecule has 0 saturated carbocycles. The van der Waals surface area contributed by atoms with Crippen LogP contribution in [0.15, 0.2) is 18.2 Å². The van der Waals surface area contributed by atoms with Crippen molar-refractivity contribution >= 4 is 12.0 Å². The summed E-state index contributed by atoms with van der Waals surface area (Å²) in [6, 6.07) is 8.04. The lowest BCUT2D eigenvalue weighted by Crippen LogP contribution is -1.96.